The maximum absolute atomic E-state index is 6.18. The molecule has 136 valence electrons. The topological polar surface area (TPSA) is 57.8 Å². The molecule has 0 amide bonds. The first kappa shape index (κ1) is 20.0. The fourth-order valence-corrected chi connectivity index (χ4v) is 3.81. The number of aryl methyl sites for hydroxylation is 2. The summed E-state index contributed by atoms with van der Waals surface area (Å²) in [7, 11) is 0. The van der Waals surface area contributed by atoms with Crippen molar-refractivity contribution in [2.45, 2.75) is 20.3 Å². The highest BCUT2D eigenvalue weighted by atomic mass is 127. The molecule has 1 aromatic heterocycles. The Balaban J connectivity index is 0.00000225. The van der Waals surface area contributed by atoms with Gasteiger partial charge in [0, 0.05) is 44.3 Å². The quantitative estimate of drug-likeness (QED) is 0.423. The Hall–Kier alpha value is -1.35. The molecule has 1 saturated heterocycles. The van der Waals surface area contributed by atoms with E-state index in [1.54, 1.807) is 11.3 Å². The molecule has 0 unspecified atom stereocenters. The Bertz CT molecular complexity index is 673. The third-order valence-electron chi connectivity index (χ3n) is 4.25. The van der Waals surface area contributed by atoms with Crippen molar-refractivity contribution in [3.8, 4) is 0 Å². The molecule has 2 N–H and O–H groups in total. The van der Waals surface area contributed by atoms with Crippen LogP contribution in [-0.4, -0.2) is 48.6 Å². The zero-order valence-corrected chi connectivity index (χ0v) is 18.0. The molecule has 5 nitrogen and oxygen atoms in total. The number of hydrogen-bond donors (Lipinski definition) is 1. The first-order chi connectivity index (χ1) is 11.6. The van der Waals surface area contributed by atoms with Gasteiger partial charge in [0.05, 0.1) is 0 Å². The van der Waals surface area contributed by atoms with Crippen LogP contribution in [-0.2, 0) is 6.42 Å². The van der Waals surface area contributed by atoms with Crippen LogP contribution in [0.1, 0.15) is 16.7 Å². The summed E-state index contributed by atoms with van der Waals surface area (Å²) in [5.41, 5.74) is 10.1. The largest absolute Gasteiger partial charge is 0.370 e. The number of halogens is 1. The fourth-order valence-electron chi connectivity index (χ4n) is 3.11. The minimum Gasteiger partial charge on any atom is -0.370 e. The van der Waals surface area contributed by atoms with Crippen molar-refractivity contribution in [1.82, 2.24) is 9.88 Å². The molecule has 1 aromatic carbocycles. The van der Waals surface area contributed by atoms with E-state index in [1.165, 1.54) is 16.7 Å². The number of guanidine groups is 1. The van der Waals surface area contributed by atoms with Gasteiger partial charge < -0.3 is 15.5 Å². The number of rotatable bonds is 4. The number of hydrogen-bond acceptors (Lipinski definition) is 4. The number of aliphatic imine (C=N–C) groups is 1. The smallest absolute Gasteiger partial charge is 0.191 e. The van der Waals surface area contributed by atoms with E-state index in [0.29, 0.717) is 5.96 Å². The third kappa shape index (κ3) is 5.57. The predicted molar refractivity (Wildman–Crippen MR) is 117 cm³/mol. The second-order valence-corrected chi connectivity index (χ2v) is 7.15. The average molecular weight is 471 g/mol. The lowest BCUT2D eigenvalue weighted by Crippen LogP contribution is -2.51. The molecule has 7 heteroatoms. The first-order valence-corrected chi connectivity index (χ1v) is 9.26. The van der Waals surface area contributed by atoms with Crippen LogP contribution in [0.25, 0.3) is 0 Å². The summed E-state index contributed by atoms with van der Waals surface area (Å²) >= 11 is 1.69. The number of nitrogens with zero attached hydrogens (tertiary/aromatic N) is 4. The standard InChI is InChI=1S/C18H25N5S.HI/c1-14-11-15(2)13-16(12-14)3-4-20-17(19)22-6-8-23(9-7-22)18-21-5-10-24-18;/h5,10-13H,3-4,6-9H2,1-2H3,(H2,19,20);1H. The van der Waals surface area contributed by atoms with Gasteiger partial charge in [-0.05, 0) is 25.8 Å². The summed E-state index contributed by atoms with van der Waals surface area (Å²) in [5, 5.41) is 3.12. The highest BCUT2D eigenvalue weighted by Crippen LogP contribution is 2.18. The molecule has 25 heavy (non-hydrogen) atoms. The molecular weight excluding hydrogens is 445 g/mol. The van der Waals surface area contributed by atoms with Gasteiger partial charge in [-0.15, -0.1) is 35.3 Å². The molecule has 0 spiro atoms. The maximum atomic E-state index is 6.18. The van der Waals surface area contributed by atoms with Crippen molar-refractivity contribution in [2.24, 2.45) is 10.7 Å². The molecule has 2 aromatic rings. The lowest BCUT2D eigenvalue weighted by atomic mass is 10.1. The number of anilines is 1. The molecular formula is C18H26IN5S. The molecule has 1 aliphatic heterocycles. The summed E-state index contributed by atoms with van der Waals surface area (Å²) < 4.78 is 0. The van der Waals surface area contributed by atoms with Gasteiger partial charge in [0.15, 0.2) is 11.1 Å². The van der Waals surface area contributed by atoms with Gasteiger partial charge in [0.1, 0.15) is 0 Å². The van der Waals surface area contributed by atoms with Crippen LogP contribution in [0, 0.1) is 13.8 Å². The minimum atomic E-state index is 0. The Morgan fingerprint density at radius 2 is 1.84 bits per heavy atom. The number of aromatic nitrogens is 1. The van der Waals surface area contributed by atoms with Gasteiger partial charge in [-0.2, -0.15) is 0 Å². The van der Waals surface area contributed by atoms with E-state index in [1.807, 2.05) is 11.6 Å². The summed E-state index contributed by atoms with van der Waals surface area (Å²) in [6, 6.07) is 6.65. The van der Waals surface area contributed by atoms with Crippen LogP contribution < -0.4 is 10.6 Å². The van der Waals surface area contributed by atoms with E-state index in [2.05, 4.69) is 51.8 Å². The van der Waals surface area contributed by atoms with Crippen LogP contribution in [0.15, 0.2) is 34.8 Å². The molecule has 1 aliphatic rings. The Morgan fingerprint density at radius 1 is 1.16 bits per heavy atom. The molecule has 0 saturated carbocycles. The number of benzene rings is 1. The summed E-state index contributed by atoms with van der Waals surface area (Å²) in [6.07, 6.45) is 2.79. The van der Waals surface area contributed by atoms with Crippen LogP contribution >= 0.6 is 35.3 Å². The van der Waals surface area contributed by atoms with Gasteiger partial charge >= 0.3 is 0 Å². The number of nitrogens with two attached hydrogens (primary N) is 1. The Labute approximate surface area is 171 Å². The van der Waals surface area contributed by atoms with Gasteiger partial charge in [-0.3, -0.25) is 4.99 Å². The highest BCUT2D eigenvalue weighted by molar-refractivity contribution is 14.0. The van der Waals surface area contributed by atoms with Crippen LogP contribution in [0.5, 0.6) is 0 Å². The van der Waals surface area contributed by atoms with E-state index in [0.717, 1.165) is 44.3 Å². The fraction of sp³-hybridized carbons (Fsp3) is 0.444. The van der Waals surface area contributed by atoms with Crippen molar-refractivity contribution in [3.05, 3.63) is 46.5 Å². The van der Waals surface area contributed by atoms with Crippen molar-refractivity contribution in [2.75, 3.05) is 37.6 Å². The summed E-state index contributed by atoms with van der Waals surface area (Å²) in [5.74, 6) is 0.665. The summed E-state index contributed by atoms with van der Waals surface area (Å²) in [4.78, 5) is 13.4. The molecule has 2 heterocycles. The zero-order chi connectivity index (χ0) is 16.9. The van der Waals surface area contributed by atoms with E-state index in [4.69, 9.17) is 5.73 Å². The van der Waals surface area contributed by atoms with Crippen LogP contribution in [0.4, 0.5) is 5.13 Å². The Morgan fingerprint density at radius 3 is 2.44 bits per heavy atom. The van der Waals surface area contributed by atoms with Gasteiger partial charge in [-0.25, -0.2) is 4.98 Å². The van der Waals surface area contributed by atoms with E-state index in [9.17, 15) is 0 Å². The number of thiazole rings is 1. The average Bonchev–Trinajstić information content (AvgIpc) is 3.08. The van der Waals surface area contributed by atoms with Crippen molar-refractivity contribution >= 4 is 46.4 Å². The van der Waals surface area contributed by atoms with Crippen LogP contribution in [0.2, 0.25) is 0 Å². The van der Waals surface area contributed by atoms with E-state index < -0.39 is 0 Å². The second-order valence-electron chi connectivity index (χ2n) is 6.27. The van der Waals surface area contributed by atoms with E-state index >= 15 is 0 Å². The van der Waals surface area contributed by atoms with E-state index in [-0.39, 0.29) is 24.0 Å². The summed E-state index contributed by atoms with van der Waals surface area (Å²) in [6.45, 7) is 8.70. The molecule has 3 rings (SSSR count). The maximum Gasteiger partial charge on any atom is 0.191 e. The van der Waals surface area contributed by atoms with Gasteiger partial charge in [0.25, 0.3) is 0 Å². The normalized spacial score (nSPS) is 15.2. The van der Waals surface area contributed by atoms with Gasteiger partial charge in [0.2, 0.25) is 0 Å². The second kappa shape index (κ2) is 9.38. The minimum absolute atomic E-state index is 0. The van der Waals surface area contributed by atoms with Crippen molar-refractivity contribution in [3.63, 3.8) is 0 Å². The lowest BCUT2D eigenvalue weighted by molar-refractivity contribution is 0.380. The lowest BCUT2D eigenvalue weighted by Gasteiger charge is -2.35. The van der Waals surface area contributed by atoms with Crippen molar-refractivity contribution in [1.29, 1.82) is 0 Å². The third-order valence-corrected chi connectivity index (χ3v) is 5.08. The monoisotopic (exact) mass is 471 g/mol. The van der Waals surface area contributed by atoms with Crippen molar-refractivity contribution < 1.29 is 0 Å². The first-order valence-electron chi connectivity index (χ1n) is 8.38. The zero-order valence-electron chi connectivity index (χ0n) is 14.8. The molecule has 0 aliphatic carbocycles. The highest BCUT2D eigenvalue weighted by Gasteiger charge is 2.19. The van der Waals surface area contributed by atoms with Gasteiger partial charge in [-0.1, -0.05) is 29.3 Å². The molecule has 0 radical (unpaired) electrons. The molecule has 1 fully saturated rings. The SMILES string of the molecule is Cc1cc(C)cc(CCN=C(N)N2CCN(c3nccs3)CC2)c1.I. The number of piperazine rings is 1. The Kier molecular flexibility index (Phi) is 7.49. The molecule has 0 atom stereocenters. The molecule has 0 bridgehead atoms. The predicted octanol–water partition coefficient (Wildman–Crippen LogP) is 3.06. The van der Waals surface area contributed by atoms with Crippen LogP contribution in [0.3, 0.4) is 0 Å².